The van der Waals surface area contributed by atoms with E-state index in [4.69, 9.17) is 11.6 Å². The largest absolute Gasteiger partial charge is 0.506 e. The van der Waals surface area contributed by atoms with Crippen LogP contribution in [-0.4, -0.2) is 21.9 Å². The number of benzene rings is 3. The van der Waals surface area contributed by atoms with Crippen LogP contribution >= 0.6 is 11.6 Å². The molecule has 0 amide bonds. The van der Waals surface area contributed by atoms with Crippen LogP contribution in [0.1, 0.15) is 11.1 Å². The lowest BCUT2D eigenvalue weighted by atomic mass is 10.1. The van der Waals surface area contributed by atoms with Gasteiger partial charge in [0.15, 0.2) is 0 Å². The topological polar surface area (TPSA) is 101 Å². The number of rotatable bonds is 5. The van der Waals surface area contributed by atoms with E-state index in [2.05, 4.69) is 4.72 Å². The second-order valence-electron chi connectivity index (χ2n) is 6.42. The molecule has 0 unspecified atom stereocenters. The number of anilines is 1. The van der Waals surface area contributed by atoms with Crippen LogP contribution in [0.5, 0.6) is 5.75 Å². The molecule has 0 heterocycles. The number of aryl methyl sites for hydroxylation is 1. The Labute approximate surface area is 174 Å². The summed E-state index contributed by atoms with van der Waals surface area (Å²) in [5.41, 5.74) is 0.373. The molecule has 29 heavy (non-hydrogen) atoms. The van der Waals surface area contributed by atoms with E-state index in [0.29, 0.717) is 5.02 Å². The van der Waals surface area contributed by atoms with Crippen LogP contribution in [0.2, 0.25) is 5.02 Å². The number of sulfone groups is 1. The van der Waals surface area contributed by atoms with Crippen LogP contribution in [0, 0.1) is 13.8 Å². The Hall–Kier alpha value is -2.55. The SMILES string of the molecule is Cc1cc(NS(=O)(=O)c2ccc(Cl)cc2)c(C)c(S(=O)(=O)c2ccccc2)c1O. The van der Waals surface area contributed by atoms with Crippen molar-refractivity contribution in [2.45, 2.75) is 28.5 Å². The predicted molar refractivity (Wildman–Crippen MR) is 112 cm³/mol. The Bertz CT molecular complexity index is 1270. The maximum atomic E-state index is 13.1. The first-order chi connectivity index (χ1) is 13.5. The van der Waals surface area contributed by atoms with Gasteiger partial charge in [-0.05, 0) is 67.4 Å². The molecule has 0 radical (unpaired) electrons. The van der Waals surface area contributed by atoms with E-state index in [9.17, 15) is 21.9 Å². The molecule has 0 saturated heterocycles. The molecule has 3 aromatic rings. The van der Waals surface area contributed by atoms with Crippen LogP contribution < -0.4 is 4.72 Å². The summed E-state index contributed by atoms with van der Waals surface area (Å²) in [6.07, 6.45) is 0. The second-order valence-corrected chi connectivity index (χ2v) is 10.4. The zero-order chi connectivity index (χ0) is 21.4. The fourth-order valence-corrected chi connectivity index (χ4v) is 5.76. The van der Waals surface area contributed by atoms with Crippen molar-refractivity contribution in [1.29, 1.82) is 0 Å². The fraction of sp³-hybridized carbons (Fsp3) is 0.100. The van der Waals surface area contributed by atoms with Gasteiger partial charge in [0.25, 0.3) is 10.0 Å². The average molecular weight is 452 g/mol. The van der Waals surface area contributed by atoms with E-state index in [1.807, 2.05) is 0 Å². The zero-order valence-corrected chi connectivity index (χ0v) is 17.9. The molecule has 0 aromatic heterocycles. The van der Waals surface area contributed by atoms with Crippen molar-refractivity contribution < 1.29 is 21.9 Å². The van der Waals surface area contributed by atoms with Crippen molar-refractivity contribution in [2.75, 3.05) is 4.72 Å². The lowest BCUT2D eigenvalue weighted by Crippen LogP contribution is -2.15. The number of halogens is 1. The van der Waals surface area contributed by atoms with Crippen LogP contribution in [0.25, 0.3) is 0 Å². The van der Waals surface area contributed by atoms with Gasteiger partial charge < -0.3 is 5.11 Å². The van der Waals surface area contributed by atoms with Gasteiger partial charge in [0, 0.05) is 5.02 Å². The Balaban J connectivity index is 2.15. The van der Waals surface area contributed by atoms with Crippen LogP contribution in [0.15, 0.2) is 75.4 Å². The van der Waals surface area contributed by atoms with Gasteiger partial charge in [0.05, 0.1) is 15.5 Å². The number of nitrogens with one attached hydrogen (secondary N) is 1. The standard InChI is InChI=1S/C20H18ClNO5S2/c1-13-12-18(22-29(26,27)17-10-8-15(21)9-11-17)14(2)20(19(13)23)28(24,25)16-6-4-3-5-7-16/h3-12,22-23H,1-2H3. The van der Waals surface area contributed by atoms with Crippen molar-refractivity contribution in [3.8, 4) is 5.75 Å². The summed E-state index contributed by atoms with van der Waals surface area (Å²) in [5.74, 6) is -0.416. The van der Waals surface area contributed by atoms with Gasteiger partial charge in [0.2, 0.25) is 9.84 Å². The Kier molecular flexibility index (Phi) is 5.62. The highest BCUT2D eigenvalue weighted by molar-refractivity contribution is 7.93. The number of sulfonamides is 1. The van der Waals surface area contributed by atoms with Gasteiger partial charge in [-0.15, -0.1) is 0 Å². The van der Waals surface area contributed by atoms with Crippen LogP contribution in [-0.2, 0) is 19.9 Å². The number of phenolic OH excluding ortho intramolecular Hbond substituents is 1. The summed E-state index contributed by atoms with van der Waals surface area (Å²) < 4.78 is 54.1. The minimum absolute atomic E-state index is 0.00416. The Morgan fingerprint density at radius 3 is 2.03 bits per heavy atom. The third-order valence-electron chi connectivity index (χ3n) is 4.38. The van der Waals surface area contributed by atoms with E-state index in [1.54, 1.807) is 18.2 Å². The summed E-state index contributed by atoms with van der Waals surface area (Å²) in [6, 6.07) is 14.6. The van der Waals surface area contributed by atoms with Crippen molar-refractivity contribution in [3.05, 3.63) is 76.8 Å². The van der Waals surface area contributed by atoms with Crippen molar-refractivity contribution in [3.63, 3.8) is 0 Å². The number of hydrogen-bond donors (Lipinski definition) is 2. The van der Waals surface area contributed by atoms with Crippen molar-refractivity contribution >= 4 is 37.1 Å². The third kappa shape index (κ3) is 4.10. The van der Waals surface area contributed by atoms with Gasteiger partial charge in [0.1, 0.15) is 10.6 Å². The molecule has 0 saturated carbocycles. The average Bonchev–Trinajstić information content (AvgIpc) is 2.67. The minimum atomic E-state index is -4.07. The monoisotopic (exact) mass is 451 g/mol. The molecule has 3 aromatic carbocycles. The molecule has 0 bridgehead atoms. The first kappa shape index (κ1) is 21.2. The fourth-order valence-electron chi connectivity index (χ4n) is 2.84. The molecular weight excluding hydrogens is 434 g/mol. The molecule has 0 fully saturated rings. The summed E-state index contributed by atoms with van der Waals surface area (Å²) >= 11 is 5.80. The highest BCUT2D eigenvalue weighted by Crippen LogP contribution is 2.38. The molecule has 2 N–H and O–H groups in total. The summed E-state index contributed by atoms with van der Waals surface area (Å²) in [6.45, 7) is 2.94. The van der Waals surface area contributed by atoms with E-state index >= 15 is 0 Å². The lowest BCUT2D eigenvalue weighted by molar-refractivity contribution is 0.453. The van der Waals surface area contributed by atoms with Gasteiger partial charge in [-0.3, -0.25) is 4.72 Å². The summed E-state index contributed by atoms with van der Waals surface area (Å²) in [5, 5.41) is 10.9. The number of hydrogen-bond acceptors (Lipinski definition) is 5. The molecule has 0 spiro atoms. The predicted octanol–water partition coefficient (Wildman–Crippen LogP) is 4.30. The van der Waals surface area contributed by atoms with Crippen molar-refractivity contribution in [2.24, 2.45) is 0 Å². The lowest BCUT2D eigenvalue weighted by Gasteiger charge is -2.17. The maximum absolute atomic E-state index is 13.1. The zero-order valence-electron chi connectivity index (χ0n) is 15.5. The molecule has 9 heteroatoms. The van der Waals surface area contributed by atoms with Crippen LogP contribution in [0.3, 0.4) is 0 Å². The molecule has 152 valence electrons. The minimum Gasteiger partial charge on any atom is -0.506 e. The van der Waals surface area contributed by atoms with Gasteiger partial charge >= 0.3 is 0 Å². The van der Waals surface area contributed by atoms with Gasteiger partial charge in [-0.1, -0.05) is 29.8 Å². The third-order valence-corrected chi connectivity index (χ3v) is 7.95. The number of phenols is 1. The Morgan fingerprint density at radius 1 is 0.862 bits per heavy atom. The molecule has 0 atom stereocenters. The summed E-state index contributed by atoms with van der Waals surface area (Å²) in [4.78, 5) is -0.368. The molecule has 0 aliphatic rings. The molecule has 0 aliphatic carbocycles. The van der Waals surface area contributed by atoms with Crippen LogP contribution in [0.4, 0.5) is 5.69 Å². The first-order valence-electron chi connectivity index (χ1n) is 8.46. The molecular formula is C20H18ClNO5S2. The van der Waals surface area contributed by atoms with E-state index in [-0.39, 0.29) is 31.5 Å². The molecule has 6 nitrogen and oxygen atoms in total. The van der Waals surface area contributed by atoms with E-state index in [0.717, 1.165) is 0 Å². The molecule has 3 rings (SSSR count). The highest BCUT2D eigenvalue weighted by Gasteiger charge is 2.28. The smallest absolute Gasteiger partial charge is 0.261 e. The van der Waals surface area contributed by atoms with Gasteiger partial charge in [-0.2, -0.15) is 0 Å². The van der Waals surface area contributed by atoms with Crippen molar-refractivity contribution in [1.82, 2.24) is 0 Å². The first-order valence-corrected chi connectivity index (χ1v) is 11.8. The second kappa shape index (κ2) is 7.70. The normalized spacial score (nSPS) is 12.0. The van der Waals surface area contributed by atoms with E-state index < -0.39 is 25.6 Å². The quantitative estimate of drug-likeness (QED) is 0.563. The maximum Gasteiger partial charge on any atom is 0.261 e. The van der Waals surface area contributed by atoms with Gasteiger partial charge in [-0.25, -0.2) is 16.8 Å². The van der Waals surface area contributed by atoms with E-state index in [1.165, 1.54) is 56.3 Å². The highest BCUT2D eigenvalue weighted by atomic mass is 35.5. The molecule has 0 aliphatic heterocycles. The summed E-state index contributed by atoms with van der Waals surface area (Å²) in [7, 11) is -8.07. The Morgan fingerprint density at radius 2 is 1.45 bits per heavy atom. The number of aromatic hydroxyl groups is 1.